The van der Waals surface area contributed by atoms with Crippen LogP contribution >= 0.6 is 34.8 Å². The molecule has 0 aliphatic carbocycles. The molecule has 1 atom stereocenters. The second-order valence-corrected chi connectivity index (χ2v) is 11.0. The third kappa shape index (κ3) is 6.50. The maximum atomic E-state index is 13.7. The van der Waals surface area contributed by atoms with Gasteiger partial charge in [-0.3, -0.25) is 13.9 Å². The van der Waals surface area contributed by atoms with E-state index in [1.165, 1.54) is 42.3 Å². The van der Waals surface area contributed by atoms with Gasteiger partial charge in [-0.05, 0) is 61.0 Å². The van der Waals surface area contributed by atoms with Crippen LogP contribution in [0.4, 0.5) is 5.69 Å². The number of benzene rings is 3. The summed E-state index contributed by atoms with van der Waals surface area (Å²) in [6.07, 6.45) is 0. The summed E-state index contributed by atoms with van der Waals surface area (Å²) in [5.74, 6) is -1.02. The first-order chi connectivity index (χ1) is 17.0. The van der Waals surface area contributed by atoms with Crippen LogP contribution in [0.15, 0.2) is 77.7 Å². The lowest BCUT2D eigenvalue weighted by Gasteiger charge is -2.32. The highest BCUT2D eigenvalue weighted by molar-refractivity contribution is 7.92. The molecule has 7 nitrogen and oxygen atoms in total. The molecular formula is C25H24Cl3N3O4S. The van der Waals surface area contributed by atoms with E-state index in [9.17, 15) is 18.0 Å². The molecule has 3 aromatic rings. The number of hydrogen-bond donors (Lipinski definition) is 1. The smallest absolute Gasteiger partial charge is 0.264 e. The highest BCUT2D eigenvalue weighted by Gasteiger charge is 2.32. The standard InChI is InChI=1S/C25H24Cl3N3O4S/c1-17(25(33)29-2)30(15-18-8-9-20(27)14-23(18)28)24(32)16-31(21-6-4-3-5-7-21)36(34,35)22-12-10-19(26)11-13-22/h3-14,17H,15-16H2,1-2H3,(H,29,33)/t17-/m1/s1. The average molecular weight is 569 g/mol. The molecule has 0 saturated heterocycles. The van der Waals surface area contributed by atoms with Crippen molar-refractivity contribution in [1.82, 2.24) is 10.2 Å². The molecule has 3 rings (SSSR count). The lowest BCUT2D eigenvalue weighted by molar-refractivity contribution is -0.139. The Morgan fingerprint density at radius 2 is 1.53 bits per heavy atom. The quantitative estimate of drug-likeness (QED) is 0.393. The molecule has 0 heterocycles. The van der Waals surface area contributed by atoms with Gasteiger partial charge < -0.3 is 10.2 Å². The maximum absolute atomic E-state index is 13.7. The molecule has 0 aromatic heterocycles. The fourth-order valence-corrected chi connectivity index (χ4v) is 5.49. The number of halogens is 3. The minimum absolute atomic E-state index is 0.0322. The van der Waals surface area contributed by atoms with Gasteiger partial charge >= 0.3 is 0 Å². The van der Waals surface area contributed by atoms with Crippen molar-refractivity contribution < 1.29 is 18.0 Å². The van der Waals surface area contributed by atoms with Crippen molar-refractivity contribution in [3.63, 3.8) is 0 Å². The molecule has 190 valence electrons. The summed E-state index contributed by atoms with van der Waals surface area (Å²) in [6, 6.07) is 17.8. The lowest BCUT2D eigenvalue weighted by atomic mass is 10.1. The highest BCUT2D eigenvalue weighted by Crippen LogP contribution is 2.27. The van der Waals surface area contributed by atoms with E-state index in [0.717, 1.165) is 4.31 Å². The summed E-state index contributed by atoms with van der Waals surface area (Å²) >= 11 is 18.3. The van der Waals surface area contributed by atoms with Crippen molar-refractivity contribution >= 4 is 62.3 Å². The van der Waals surface area contributed by atoms with Crippen LogP contribution < -0.4 is 9.62 Å². The summed E-state index contributed by atoms with van der Waals surface area (Å²) < 4.78 is 28.2. The van der Waals surface area contributed by atoms with Crippen LogP contribution in [0.1, 0.15) is 12.5 Å². The molecule has 1 N–H and O–H groups in total. The zero-order valence-electron chi connectivity index (χ0n) is 19.5. The van der Waals surface area contributed by atoms with Gasteiger partial charge in [0.1, 0.15) is 12.6 Å². The Balaban J connectivity index is 2.02. The third-order valence-electron chi connectivity index (χ3n) is 5.49. The first kappa shape index (κ1) is 27.8. The number of carbonyl (C=O) groups is 2. The largest absolute Gasteiger partial charge is 0.357 e. The molecule has 36 heavy (non-hydrogen) atoms. The monoisotopic (exact) mass is 567 g/mol. The predicted octanol–water partition coefficient (Wildman–Crippen LogP) is 5.01. The Kier molecular flexibility index (Phi) is 9.24. The molecule has 0 aliphatic rings. The number of sulfonamides is 1. The van der Waals surface area contributed by atoms with Gasteiger partial charge in [-0.2, -0.15) is 0 Å². The minimum atomic E-state index is -4.15. The zero-order chi connectivity index (χ0) is 26.5. The molecule has 0 spiro atoms. The lowest BCUT2D eigenvalue weighted by Crippen LogP contribution is -2.50. The van der Waals surface area contributed by atoms with Crippen molar-refractivity contribution in [2.75, 3.05) is 17.9 Å². The van der Waals surface area contributed by atoms with Crippen LogP contribution in [0.3, 0.4) is 0 Å². The molecule has 0 aliphatic heterocycles. The molecule has 11 heteroatoms. The second-order valence-electron chi connectivity index (χ2n) is 7.85. The average Bonchev–Trinajstić information content (AvgIpc) is 2.86. The molecule has 0 radical (unpaired) electrons. The van der Waals surface area contributed by atoms with Gasteiger partial charge in [-0.15, -0.1) is 0 Å². The third-order valence-corrected chi connectivity index (χ3v) is 8.12. The van der Waals surface area contributed by atoms with Crippen LogP contribution in [-0.4, -0.2) is 44.8 Å². The van der Waals surface area contributed by atoms with E-state index in [4.69, 9.17) is 34.8 Å². The molecule has 0 bridgehead atoms. The summed E-state index contributed by atoms with van der Waals surface area (Å²) in [5, 5.41) is 3.64. The van der Waals surface area contributed by atoms with Gasteiger partial charge in [0.15, 0.2) is 0 Å². The summed E-state index contributed by atoms with van der Waals surface area (Å²) in [6.45, 7) is 0.968. The first-order valence-electron chi connectivity index (χ1n) is 10.8. The van der Waals surface area contributed by atoms with Crippen LogP contribution in [0.5, 0.6) is 0 Å². The molecular weight excluding hydrogens is 545 g/mol. The van der Waals surface area contributed by atoms with Crippen LogP contribution in [0.2, 0.25) is 15.1 Å². The van der Waals surface area contributed by atoms with E-state index in [0.29, 0.717) is 20.6 Å². The number of carbonyl (C=O) groups excluding carboxylic acids is 2. The molecule has 0 fully saturated rings. The molecule has 3 aromatic carbocycles. The van der Waals surface area contributed by atoms with E-state index in [2.05, 4.69) is 5.32 Å². The number of hydrogen-bond acceptors (Lipinski definition) is 4. The van der Waals surface area contributed by atoms with E-state index in [-0.39, 0.29) is 17.1 Å². The first-order valence-corrected chi connectivity index (χ1v) is 13.4. The predicted molar refractivity (Wildman–Crippen MR) is 143 cm³/mol. The SMILES string of the molecule is CNC(=O)[C@@H](C)N(Cc1ccc(Cl)cc1Cl)C(=O)CN(c1ccccc1)S(=O)(=O)c1ccc(Cl)cc1. The number of anilines is 1. The Morgan fingerprint density at radius 1 is 0.917 bits per heavy atom. The Labute approximate surface area is 225 Å². The van der Waals surface area contributed by atoms with Crippen molar-refractivity contribution in [1.29, 1.82) is 0 Å². The van der Waals surface area contributed by atoms with Gasteiger partial charge in [0.05, 0.1) is 10.6 Å². The van der Waals surface area contributed by atoms with Crippen LogP contribution in [0.25, 0.3) is 0 Å². The normalized spacial score (nSPS) is 12.0. The minimum Gasteiger partial charge on any atom is -0.357 e. The maximum Gasteiger partial charge on any atom is 0.264 e. The highest BCUT2D eigenvalue weighted by atomic mass is 35.5. The van der Waals surface area contributed by atoms with Gasteiger partial charge in [0, 0.05) is 28.7 Å². The van der Waals surface area contributed by atoms with E-state index < -0.39 is 34.4 Å². The summed E-state index contributed by atoms with van der Waals surface area (Å²) in [5.41, 5.74) is 0.842. The number of nitrogens with zero attached hydrogens (tertiary/aromatic N) is 2. The fourth-order valence-electron chi connectivity index (χ4n) is 3.48. The number of para-hydroxylation sites is 1. The van der Waals surface area contributed by atoms with Crippen molar-refractivity contribution in [2.24, 2.45) is 0 Å². The van der Waals surface area contributed by atoms with Gasteiger partial charge in [0.25, 0.3) is 10.0 Å². The number of likely N-dealkylation sites (N-methyl/N-ethyl adjacent to an activating group) is 1. The summed E-state index contributed by atoms with van der Waals surface area (Å²) in [4.78, 5) is 27.4. The Hall–Kier alpha value is -2.78. The second kappa shape index (κ2) is 12.0. The Morgan fingerprint density at radius 3 is 2.11 bits per heavy atom. The molecule has 2 amide bonds. The van der Waals surface area contributed by atoms with Crippen molar-refractivity contribution in [3.8, 4) is 0 Å². The van der Waals surface area contributed by atoms with Crippen molar-refractivity contribution in [3.05, 3.63) is 93.4 Å². The number of nitrogens with one attached hydrogen (secondary N) is 1. The molecule has 0 saturated carbocycles. The van der Waals surface area contributed by atoms with E-state index in [1.54, 1.807) is 49.4 Å². The van der Waals surface area contributed by atoms with E-state index >= 15 is 0 Å². The van der Waals surface area contributed by atoms with Crippen LogP contribution in [0, 0.1) is 0 Å². The van der Waals surface area contributed by atoms with Gasteiger partial charge in [-0.1, -0.05) is 59.1 Å². The van der Waals surface area contributed by atoms with Gasteiger partial charge in [0.2, 0.25) is 11.8 Å². The molecule has 0 unspecified atom stereocenters. The number of rotatable bonds is 9. The zero-order valence-corrected chi connectivity index (χ0v) is 22.6. The Bertz CT molecular complexity index is 1340. The fraction of sp³-hybridized carbons (Fsp3) is 0.200. The topological polar surface area (TPSA) is 86.8 Å². The van der Waals surface area contributed by atoms with Crippen molar-refractivity contribution in [2.45, 2.75) is 24.4 Å². The van der Waals surface area contributed by atoms with E-state index in [1.807, 2.05) is 0 Å². The van der Waals surface area contributed by atoms with Gasteiger partial charge in [-0.25, -0.2) is 8.42 Å². The number of amides is 2. The van der Waals surface area contributed by atoms with Crippen LogP contribution in [-0.2, 0) is 26.2 Å². The summed E-state index contributed by atoms with van der Waals surface area (Å²) in [7, 11) is -2.70.